The van der Waals surface area contributed by atoms with Gasteiger partial charge in [0.15, 0.2) is 0 Å². The third-order valence-corrected chi connectivity index (χ3v) is 3.32. The molecule has 0 aromatic heterocycles. The fraction of sp³-hybridized carbons (Fsp3) is 0.571. The Labute approximate surface area is 103 Å². The highest BCUT2D eigenvalue weighted by Crippen LogP contribution is 2.27. The summed E-state index contributed by atoms with van der Waals surface area (Å²) in [5.41, 5.74) is 4.05. The van der Waals surface area contributed by atoms with Crippen molar-refractivity contribution < 1.29 is 5.11 Å². The summed E-state index contributed by atoms with van der Waals surface area (Å²) in [6, 6.07) is 6.61. The van der Waals surface area contributed by atoms with Crippen molar-refractivity contribution in [1.29, 1.82) is 0 Å². The first-order chi connectivity index (χ1) is 8.20. The fourth-order valence-corrected chi connectivity index (χ4v) is 2.55. The van der Waals surface area contributed by atoms with Crippen LogP contribution in [-0.2, 0) is 6.42 Å². The molecule has 94 valence electrons. The Balaban J connectivity index is 2.11. The number of nitrogens with zero attached hydrogens (tertiary/aromatic N) is 1. The standard InChI is InChI=1S/C14H22N2O/c1-11-5-6-14-12(8-11)4-3-7-16(14)10-13(17)9-15-2/h5-6,8,13,15,17H,3-4,7,9-10H2,1-2H3. The molecule has 0 saturated carbocycles. The van der Waals surface area contributed by atoms with Crippen molar-refractivity contribution in [3.05, 3.63) is 29.3 Å². The summed E-state index contributed by atoms with van der Waals surface area (Å²) in [6.45, 7) is 4.56. The van der Waals surface area contributed by atoms with E-state index in [1.165, 1.54) is 23.2 Å². The quantitative estimate of drug-likeness (QED) is 0.825. The first-order valence-corrected chi connectivity index (χ1v) is 6.38. The summed E-state index contributed by atoms with van der Waals surface area (Å²) in [5.74, 6) is 0. The summed E-state index contributed by atoms with van der Waals surface area (Å²) in [5, 5.41) is 12.9. The number of rotatable bonds is 4. The van der Waals surface area contributed by atoms with Crippen LogP contribution in [0.1, 0.15) is 17.5 Å². The molecule has 0 saturated heterocycles. The monoisotopic (exact) mass is 234 g/mol. The minimum Gasteiger partial charge on any atom is -0.390 e. The van der Waals surface area contributed by atoms with Gasteiger partial charge in [-0.05, 0) is 38.4 Å². The Kier molecular flexibility index (Phi) is 4.02. The van der Waals surface area contributed by atoms with Crippen LogP contribution in [0.4, 0.5) is 5.69 Å². The predicted molar refractivity (Wildman–Crippen MR) is 71.6 cm³/mol. The lowest BCUT2D eigenvalue weighted by molar-refractivity contribution is 0.179. The lowest BCUT2D eigenvalue weighted by Gasteiger charge is -2.33. The number of hydrogen-bond acceptors (Lipinski definition) is 3. The first kappa shape index (κ1) is 12.4. The molecule has 17 heavy (non-hydrogen) atoms. The summed E-state index contributed by atoms with van der Waals surface area (Å²) >= 11 is 0. The van der Waals surface area contributed by atoms with Crippen LogP contribution in [0, 0.1) is 6.92 Å². The Morgan fingerprint density at radius 3 is 3.06 bits per heavy atom. The molecule has 2 N–H and O–H groups in total. The van der Waals surface area contributed by atoms with Crippen LogP contribution in [0.3, 0.4) is 0 Å². The molecule has 1 aromatic carbocycles. The maximum absolute atomic E-state index is 9.88. The number of aliphatic hydroxyl groups is 1. The average molecular weight is 234 g/mol. The Hall–Kier alpha value is -1.06. The van der Waals surface area contributed by atoms with E-state index in [0.29, 0.717) is 6.54 Å². The molecule has 2 rings (SSSR count). The summed E-state index contributed by atoms with van der Waals surface area (Å²) in [4.78, 5) is 2.31. The van der Waals surface area contributed by atoms with Crippen molar-refractivity contribution in [3.8, 4) is 0 Å². The maximum Gasteiger partial charge on any atom is 0.0839 e. The van der Waals surface area contributed by atoms with Gasteiger partial charge in [0, 0.05) is 25.3 Å². The number of hydrogen-bond donors (Lipinski definition) is 2. The van der Waals surface area contributed by atoms with Crippen molar-refractivity contribution in [2.45, 2.75) is 25.9 Å². The average Bonchev–Trinajstić information content (AvgIpc) is 2.29. The number of aliphatic hydroxyl groups excluding tert-OH is 1. The topological polar surface area (TPSA) is 35.5 Å². The van der Waals surface area contributed by atoms with Crippen molar-refractivity contribution in [1.82, 2.24) is 5.32 Å². The number of β-amino-alcohol motifs (C(OH)–C–C–N with tert-alkyl or cyclic N) is 1. The molecule has 1 aromatic rings. The van der Waals surface area contributed by atoms with Crippen molar-refractivity contribution in [2.75, 3.05) is 31.6 Å². The largest absolute Gasteiger partial charge is 0.390 e. The second-order valence-corrected chi connectivity index (χ2v) is 4.89. The molecule has 1 atom stereocenters. The van der Waals surface area contributed by atoms with Gasteiger partial charge in [-0.2, -0.15) is 0 Å². The number of benzene rings is 1. The minimum atomic E-state index is -0.299. The predicted octanol–water partition coefficient (Wildman–Crippen LogP) is 1.33. The zero-order valence-electron chi connectivity index (χ0n) is 10.7. The summed E-state index contributed by atoms with van der Waals surface area (Å²) in [6.07, 6.45) is 2.05. The van der Waals surface area contributed by atoms with Gasteiger partial charge in [-0.25, -0.2) is 0 Å². The molecule has 0 radical (unpaired) electrons. The van der Waals surface area contributed by atoms with Crippen LogP contribution >= 0.6 is 0 Å². The lowest BCUT2D eigenvalue weighted by Crippen LogP contribution is -2.40. The van der Waals surface area contributed by atoms with Gasteiger partial charge in [0.25, 0.3) is 0 Å². The van der Waals surface area contributed by atoms with E-state index in [4.69, 9.17) is 0 Å². The molecule has 1 aliphatic heterocycles. The highest BCUT2D eigenvalue weighted by atomic mass is 16.3. The maximum atomic E-state index is 9.88. The van der Waals surface area contributed by atoms with Gasteiger partial charge in [-0.15, -0.1) is 0 Å². The third kappa shape index (κ3) is 2.99. The van der Waals surface area contributed by atoms with E-state index in [0.717, 1.165) is 19.5 Å². The molecule has 3 nitrogen and oxygen atoms in total. The first-order valence-electron chi connectivity index (χ1n) is 6.38. The van der Waals surface area contributed by atoms with E-state index in [-0.39, 0.29) is 6.10 Å². The summed E-state index contributed by atoms with van der Waals surface area (Å²) in [7, 11) is 1.87. The smallest absolute Gasteiger partial charge is 0.0839 e. The van der Waals surface area contributed by atoms with Crippen LogP contribution in [-0.4, -0.2) is 37.9 Å². The van der Waals surface area contributed by atoms with E-state index >= 15 is 0 Å². The zero-order valence-corrected chi connectivity index (χ0v) is 10.7. The van der Waals surface area contributed by atoms with E-state index in [1.807, 2.05) is 7.05 Å². The molecular weight excluding hydrogens is 212 g/mol. The SMILES string of the molecule is CNCC(O)CN1CCCc2cc(C)ccc21. The number of nitrogens with one attached hydrogen (secondary N) is 1. The van der Waals surface area contributed by atoms with Crippen LogP contribution < -0.4 is 10.2 Å². The van der Waals surface area contributed by atoms with Crippen molar-refractivity contribution in [3.63, 3.8) is 0 Å². The minimum absolute atomic E-state index is 0.299. The number of anilines is 1. The number of fused-ring (bicyclic) bond motifs is 1. The molecule has 3 heteroatoms. The highest BCUT2D eigenvalue weighted by molar-refractivity contribution is 5.56. The second-order valence-electron chi connectivity index (χ2n) is 4.89. The molecule has 1 heterocycles. The normalized spacial score (nSPS) is 16.8. The number of aryl methyl sites for hydroxylation is 2. The molecule has 0 spiro atoms. The van der Waals surface area contributed by atoms with Gasteiger partial charge in [-0.3, -0.25) is 0 Å². The molecular formula is C14H22N2O. The van der Waals surface area contributed by atoms with Crippen LogP contribution in [0.5, 0.6) is 0 Å². The van der Waals surface area contributed by atoms with Gasteiger partial charge in [0.1, 0.15) is 0 Å². The highest BCUT2D eigenvalue weighted by Gasteiger charge is 2.18. The zero-order chi connectivity index (χ0) is 12.3. The van der Waals surface area contributed by atoms with Crippen molar-refractivity contribution in [2.24, 2.45) is 0 Å². The van der Waals surface area contributed by atoms with Gasteiger partial charge < -0.3 is 15.3 Å². The van der Waals surface area contributed by atoms with Gasteiger partial charge in [0.2, 0.25) is 0 Å². The van der Waals surface area contributed by atoms with E-state index in [2.05, 4.69) is 35.3 Å². The van der Waals surface area contributed by atoms with Crippen molar-refractivity contribution >= 4 is 5.69 Å². The fourth-order valence-electron chi connectivity index (χ4n) is 2.55. The molecule has 0 aliphatic carbocycles. The van der Waals surface area contributed by atoms with Crippen LogP contribution in [0.25, 0.3) is 0 Å². The van der Waals surface area contributed by atoms with Gasteiger partial charge >= 0.3 is 0 Å². The molecule has 1 aliphatic rings. The van der Waals surface area contributed by atoms with E-state index < -0.39 is 0 Å². The van der Waals surface area contributed by atoms with Gasteiger partial charge in [-0.1, -0.05) is 17.7 Å². The van der Waals surface area contributed by atoms with Gasteiger partial charge in [0.05, 0.1) is 6.10 Å². The third-order valence-electron chi connectivity index (χ3n) is 3.32. The second kappa shape index (κ2) is 5.52. The lowest BCUT2D eigenvalue weighted by atomic mass is 9.99. The Morgan fingerprint density at radius 1 is 1.47 bits per heavy atom. The molecule has 1 unspecified atom stereocenters. The Bertz CT molecular complexity index is 378. The molecule has 0 bridgehead atoms. The van der Waals surface area contributed by atoms with Crippen LogP contribution in [0.15, 0.2) is 18.2 Å². The van der Waals surface area contributed by atoms with E-state index in [1.54, 1.807) is 0 Å². The number of likely N-dealkylation sites (N-methyl/N-ethyl adjacent to an activating group) is 1. The molecule has 0 amide bonds. The van der Waals surface area contributed by atoms with Crippen LogP contribution in [0.2, 0.25) is 0 Å². The van der Waals surface area contributed by atoms with E-state index in [9.17, 15) is 5.11 Å². The molecule has 0 fully saturated rings. The Morgan fingerprint density at radius 2 is 2.29 bits per heavy atom. The summed E-state index contributed by atoms with van der Waals surface area (Å²) < 4.78 is 0.